The van der Waals surface area contributed by atoms with Crippen LogP contribution in [-0.4, -0.2) is 40.4 Å². The summed E-state index contributed by atoms with van der Waals surface area (Å²) in [4.78, 5) is 15.0. The van der Waals surface area contributed by atoms with Gasteiger partial charge in [0.05, 0.1) is 17.2 Å². The third-order valence-corrected chi connectivity index (χ3v) is 4.14. The molecule has 0 bridgehead atoms. The Morgan fingerprint density at radius 3 is 2.71 bits per heavy atom. The van der Waals surface area contributed by atoms with Crippen molar-refractivity contribution in [3.8, 4) is 0 Å². The molecule has 1 fully saturated rings. The fourth-order valence-corrected chi connectivity index (χ4v) is 2.65. The predicted octanol–water partition coefficient (Wildman–Crippen LogP) is 1.24. The van der Waals surface area contributed by atoms with Crippen molar-refractivity contribution in [1.82, 2.24) is 10.3 Å². The number of aromatic nitrogens is 1. The highest BCUT2D eigenvalue weighted by Gasteiger charge is 2.32. The van der Waals surface area contributed by atoms with E-state index in [4.69, 9.17) is 4.74 Å². The van der Waals surface area contributed by atoms with Crippen LogP contribution in [-0.2, 0) is 11.3 Å². The average molecular weight is 295 g/mol. The van der Waals surface area contributed by atoms with Gasteiger partial charge in [-0.1, -0.05) is 0 Å². The summed E-state index contributed by atoms with van der Waals surface area (Å²) in [6, 6.07) is 0. The van der Waals surface area contributed by atoms with Gasteiger partial charge in [0.1, 0.15) is 0 Å². The predicted molar refractivity (Wildman–Crippen MR) is 77.1 cm³/mol. The first-order valence-corrected chi connectivity index (χ1v) is 7.02. The Kier molecular flexibility index (Phi) is 4.87. The second-order valence-electron chi connectivity index (χ2n) is 5.52. The number of rotatable bonds is 5. The van der Waals surface area contributed by atoms with Crippen LogP contribution in [0.25, 0.3) is 0 Å². The van der Waals surface area contributed by atoms with Gasteiger partial charge in [-0.2, -0.15) is 0 Å². The standard InChI is InChI=1S/C14H21N3O4/c1-10-7-15-12(11(2)13(10)17(19)20)8-16-14(9-18)3-5-21-6-4-14/h7,16,18H,3-6,8-9H2,1-2H3. The van der Waals surface area contributed by atoms with Crippen molar-refractivity contribution in [3.05, 3.63) is 33.1 Å². The van der Waals surface area contributed by atoms with Gasteiger partial charge < -0.3 is 15.2 Å². The molecule has 7 nitrogen and oxygen atoms in total. The first-order valence-electron chi connectivity index (χ1n) is 7.02. The van der Waals surface area contributed by atoms with E-state index in [2.05, 4.69) is 10.3 Å². The molecule has 2 rings (SSSR count). The van der Waals surface area contributed by atoms with Crippen LogP contribution in [0.5, 0.6) is 0 Å². The van der Waals surface area contributed by atoms with E-state index in [1.807, 2.05) is 0 Å². The summed E-state index contributed by atoms with van der Waals surface area (Å²) in [7, 11) is 0. The molecule has 0 aromatic carbocycles. The van der Waals surface area contributed by atoms with E-state index < -0.39 is 0 Å². The van der Waals surface area contributed by atoms with Crippen molar-refractivity contribution in [1.29, 1.82) is 0 Å². The van der Waals surface area contributed by atoms with Crippen LogP contribution in [0.1, 0.15) is 29.7 Å². The molecule has 1 saturated heterocycles. The van der Waals surface area contributed by atoms with Crippen LogP contribution in [0.2, 0.25) is 0 Å². The van der Waals surface area contributed by atoms with Crippen molar-refractivity contribution in [2.75, 3.05) is 19.8 Å². The van der Waals surface area contributed by atoms with Gasteiger partial charge in [-0.15, -0.1) is 0 Å². The zero-order valence-electron chi connectivity index (χ0n) is 12.4. The third-order valence-electron chi connectivity index (χ3n) is 4.14. The van der Waals surface area contributed by atoms with E-state index >= 15 is 0 Å². The highest BCUT2D eigenvalue weighted by atomic mass is 16.6. The summed E-state index contributed by atoms with van der Waals surface area (Å²) < 4.78 is 5.31. The molecule has 2 heterocycles. The molecule has 1 aliphatic heterocycles. The molecule has 0 aliphatic carbocycles. The molecule has 7 heteroatoms. The largest absolute Gasteiger partial charge is 0.394 e. The minimum Gasteiger partial charge on any atom is -0.394 e. The summed E-state index contributed by atoms with van der Waals surface area (Å²) >= 11 is 0. The van der Waals surface area contributed by atoms with Crippen LogP contribution >= 0.6 is 0 Å². The number of nitrogens with zero attached hydrogens (tertiary/aromatic N) is 2. The number of hydrogen-bond donors (Lipinski definition) is 2. The van der Waals surface area contributed by atoms with Crippen LogP contribution < -0.4 is 5.32 Å². The molecular formula is C14H21N3O4. The lowest BCUT2D eigenvalue weighted by molar-refractivity contribution is -0.386. The Hall–Kier alpha value is -1.57. The van der Waals surface area contributed by atoms with Crippen LogP contribution in [0.3, 0.4) is 0 Å². The SMILES string of the molecule is Cc1cnc(CNC2(CO)CCOCC2)c(C)c1[N+](=O)[O-]. The number of nitro groups is 1. The number of ether oxygens (including phenoxy) is 1. The minimum atomic E-state index is -0.383. The molecule has 0 atom stereocenters. The van der Waals surface area contributed by atoms with Crippen molar-refractivity contribution < 1.29 is 14.8 Å². The average Bonchev–Trinajstić information content (AvgIpc) is 2.47. The Bertz CT molecular complexity index is 527. The van der Waals surface area contributed by atoms with Gasteiger partial charge in [0.25, 0.3) is 5.69 Å². The lowest BCUT2D eigenvalue weighted by atomic mass is 9.91. The van der Waals surface area contributed by atoms with Gasteiger partial charge >= 0.3 is 0 Å². The Balaban J connectivity index is 2.16. The van der Waals surface area contributed by atoms with Crippen molar-refractivity contribution in [2.24, 2.45) is 0 Å². The minimum absolute atomic E-state index is 0.0172. The molecule has 0 unspecified atom stereocenters. The van der Waals surface area contributed by atoms with Gasteiger partial charge in [0.15, 0.2) is 0 Å². The van der Waals surface area contributed by atoms with Gasteiger partial charge in [0, 0.05) is 42.6 Å². The number of hydrogen-bond acceptors (Lipinski definition) is 6. The van der Waals surface area contributed by atoms with E-state index in [9.17, 15) is 15.2 Å². The van der Waals surface area contributed by atoms with Crippen LogP contribution in [0, 0.1) is 24.0 Å². The Morgan fingerprint density at radius 2 is 2.14 bits per heavy atom. The van der Waals surface area contributed by atoms with Crippen LogP contribution in [0.4, 0.5) is 5.69 Å². The van der Waals surface area contributed by atoms with Gasteiger partial charge in [-0.25, -0.2) is 0 Å². The molecule has 116 valence electrons. The lowest BCUT2D eigenvalue weighted by Crippen LogP contribution is -2.52. The zero-order chi connectivity index (χ0) is 15.5. The van der Waals surface area contributed by atoms with Crippen molar-refractivity contribution in [2.45, 2.75) is 38.8 Å². The molecule has 1 aromatic rings. The second-order valence-corrected chi connectivity index (χ2v) is 5.52. The topological polar surface area (TPSA) is 97.5 Å². The fraction of sp³-hybridized carbons (Fsp3) is 0.643. The normalized spacial score (nSPS) is 17.7. The summed E-state index contributed by atoms with van der Waals surface area (Å²) in [5, 5.41) is 24.1. The summed E-state index contributed by atoms with van der Waals surface area (Å²) in [5.74, 6) is 0. The van der Waals surface area contributed by atoms with Gasteiger partial charge in [-0.05, 0) is 26.7 Å². The van der Waals surface area contributed by atoms with E-state index in [0.717, 1.165) is 12.8 Å². The molecular weight excluding hydrogens is 274 g/mol. The number of pyridine rings is 1. The van der Waals surface area contributed by atoms with Crippen molar-refractivity contribution >= 4 is 5.69 Å². The lowest BCUT2D eigenvalue weighted by Gasteiger charge is -2.36. The highest BCUT2D eigenvalue weighted by molar-refractivity contribution is 5.47. The van der Waals surface area contributed by atoms with Gasteiger partial charge in [-0.3, -0.25) is 15.1 Å². The molecule has 0 spiro atoms. The Morgan fingerprint density at radius 1 is 1.48 bits per heavy atom. The monoisotopic (exact) mass is 295 g/mol. The zero-order valence-corrected chi connectivity index (χ0v) is 12.4. The number of aliphatic hydroxyl groups excluding tert-OH is 1. The quantitative estimate of drug-likeness (QED) is 0.626. The fourth-order valence-electron chi connectivity index (χ4n) is 2.65. The summed E-state index contributed by atoms with van der Waals surface area (Å²) in [5.41, 5.74) is 1.52. The first-order chi connectivity index (χ1) is 9.99. The highest BCUT2D eigenvalue weighted by Crippen LogP contribution is 2.25. The molecule has 1 aromatic heterocycles. The van der Waals surface area contributed by atoms with E-state index in [0.29, 0.717) is 36.6 Å². The maximum atomic E-state index is 11.1. The second kappa shape index (κ2) is 6.46. The number of aliphatic hydroxyl groups is 1. The van der Waals surface area contributed by atoms with E-state index in [1.165, 1.54) is 6.20 Å². The molecule has 0 radical (unpaired) electrons. The molecule has 0 saturated carbocycles. The summed E-state index contributed by atoms with van der Waals surface area (Å²) in [6.07, 6.45) is 2.96. The molecule has 2 N–H and O–H groups in total. The van der Waals surface area contributed by atoms with Crippen molar-refractivity contribution in [3.63, 3.8) is 0 Å². The summed E-state index contributed by atoms with van der Waals surface area (Å²) in [6.45, 7) is 5.02. The molecule has 21 heavy (non-hydrogen) atoms. The third kappa shape index (κ3) is 3.37. The maximum absolute atomic E-state index is 11.1. The van der Waals surface area contributed by atoms with Gasteiger partial charge in [0.2, 0.25) is 0 Å². The van der Waals surface area contributed by atoms with Crippen LogP contribution in [0.15, 0.2) is 6.20 Å². The number of aryl methyl sites for hydroxylation is 1. The smallest absolute Gasteiger partial charge is 0.278 e. The molecule has 0 amide bonds. The molecule has 1 aliphatic rings. The van der Waals surface area contributed by atoms with E-state index in [-0.39, 0.29) is 22.8 Å². The van der Waals surface area contributed by atoms with E-state index in [1.54, 1.807) is 13.8 Å². The first kappa shape index (κ1) is 15.8. The maximum Gasteiger partial charge on any atom is 0.278 e. The Labute approximate surface area is 123 Å². The number of nitrogens with one attached hydrogen (secondary N) is 1.